The van der Waals surface area contributed by atoms with E-state index in [0.29, 0.717) is 11.8 Å². The van der Waals surface area contributed by atoms with Crippen LogP contribution in [0, 0.1) is 11.8 Å². The Bertz CT molecular complexity index is 418. The van der Waals surface area contributed by atoms with Gasteiger partial charge in [0.15, 0.2) is 0 Å². The average molecular weight is 260 g/mol. The topological polar surface area (TPSA) is 17.1 Å². The minimum atomic E-state index is -1.67. The molecule has 0 aliphatic heterocycles. The van der Waals surface area contributed by atoms with Crippen molar-refractivity contribution in [3.05, 3.63) is 41.6 Å². The van der Waals surface area contributed by atoms with Gasteiger partial charge in [-0.15, -0.1) is 0 Å². The third kappa shape index (κ3) is 3.67. The Morgan fingerprint density at radius 2 is 1.67 bits per heavy atom. The van der Waals surface area contributed by atoms with Gasteiger partial charge in [0.05, 0.1) is 0 Å². The van der Waals surface area contributed by atoms with Crippen molar-refractivity contribution in [2.24, 2.45) is 11.8 Å². The van der Waals surface area contributed by atoms with Crippen molar-refractivity contribution >= 4 is 19.5 Å². The van der Waals surface area contributed by atoms with Gasteiger partial charge in [0.2, 0.25) is 0 Å². The smallest absolute Gasteiger partial charge is 0.145 e. The number of rotatable bonds is 5. The van der Waals surface area contributed by atoms with Crippen molar-refractivity contribution in [2.75, 3.05) is 0 Å². The minimum Gasteiger partial charge on any atom is -0.298 e. The molecule has 1 aromatic carbocycles. The van der Waals surface area contributed by atoms with Crippen molar-refractivity contribution < 1.29 is 4.79 Å². The second-order valence-electron chi connectivity index (χ2n) is 5.88. The van der Waals surface area contributed by atoms with Gasteiger partial charge in [-0.25, -0.2) is 0 Å². The van der Waals surface area contributed by atoms with E-state index in [2.05, 4.69) is 63.8 Å². The van der Waals surface area contributed by atoms with Crippen LogP contribution in [-0.2, 0) is 4.79 Å². The molecule has 1 aromatic rings. The zero-order valence-electron chi connectivity index (χ0n) is 12.1. The molecular formula is C16H24OSi. The second kappa shape index (κ2) is 6.14. The summed E-state index contributed by atoms with van der Waals surface area (Å²) in [5.41, 5.74) is 3.21. The third-order valence-corrected chi connectivity index (χ3v) is 6.58. The van der Waals surface area contributed by atoms with Crippen LogP contribution >= 0.6 is 0 Å². The molecule has 0 radical (unpaired) electrons. The molecule has 0 bridgehead atoms. The number of hydrogen-bond donors (Lipinski definition) is 0. The fourth-order valence-corrected chi connectivity index (χ4v) is 4.41. The molecule has 1 rings (SSSR count). The quantitative estimate of drug-likeness (QED) is 0.449. The number of hydrogen-bond acceptors (Lipinski definition) is 1. The molecule has 0 spiro atoms. The second-order valence-corrected chi connectivity index (χ2v) is 10.2. The van der Waals surface area contributed by atoms with Gasteiger partial charge in [-0.2, -0.15) is 0 Å². The Morgan fingerprint density at radius 1 is 1.11 bits per heavy atom. The molecule has 0 aliphatic carbocycles. The highest BCUT2D eigenvalue weighted by molar-refractivity contribution is 6.94. The number of carbonyl (C=O) groups is 1. The number of allylic oxidation sites excluding steroid dienone is 1. The first-order valence-electron chi connectivity index (χ1n) is 6.62. The highest BCUT2D eigenvalue weighted by Crippen LogP contribution is 2.20. The molecule has 1 unspecified atom stereocenters. The molecule has 18 heavy (non-hydrogen) atoms. The third-order valence-electron chi connectivity index (χ3n) is 3.71. The van der Waals surface area contributed by atoms with E-state index in [0.717, 1.165) is 11.9 Å². The SMILES string of the molecule is CC(C)C(C)/C(C=O)=C/[Si](C)(C)c1ccccc1. The van der Waals surface area contributed by atoms with Crippen LogP contribution in [0.3, 0.4) is 0 Å². The van der Waals surface area contributed by atoms with Crippen LogP contribution in [0.2, 0.25) is 13.1 Å². The lowest BCUT2D eigenvalue weighted by atomic mass is 9.92. The normalized spacial score (nSPS) is 14.7. The van der Waals surface area contributed by atoms with Gasteiger partial charge in [-0.1, -0.05) is 75.1 Å². The molecule has 1 nitrogen and oxygen atoms in total. The Hall–Kier alpha value is -1.15. The molecule has 0 amide bonds. The summed E-state index contributed by atoms with van der Waals surface area (Å²) in [6.07, 6.45) is 1.04. The summed E-state index contributed by atoms with van der Waals surface area (Å²) in [7, 11) is -1.67. The lowest BCUT2D eigenvalue weighted by molar-refractivity contribution is -0.105. The van der Waals surface area contributed by atoms with Crippen molar-refractivity contribution in [1.29, 1.82) is 0 Å². The molecule has 1 atom stereocenters. The van der Waals surface area contributed by atoms with E-state index < -0.39 is 8.07 Å². The molecule has 2 heteroatoms. The number of carbonyl (C=O) groups excluding carboxylic acids is 1. The average Bonchev–Trinajstić information content (AvgIpc) is 2.36. The van der Waals surface area contributed by atoms with E-state index >= 15 is 0 Å². The number of aldehydes is 1. The van der Waals surface area contributed by atoms with Gasteiger partial charge in [0.25, 0.3) is 0 Å². The Morgan fingerprint density at radius 3 is 2.11 bits per heavy atom. The van der Waals surface area contributed by atoms with Gasteiger partial charge in [-0.3, -0.25) is 4.79 Å². The molecule has 0 aromatic heterocycles. The predicted molar refractivity (Wildman–Crippen MR) is 81.7 cm³/mol. The summed E-state index contributed by atoms with van der Waals surface area (Å²) >= 11 is 0. The zero-order chi connectivity index (χ0) is 13.8. The standard InChI is InChI=1S/C16H24OSi/c1-13(2)14(3)15(11-17)12-18(4,5)16-9-7-6-8-10-16/h6-14H,1-5H3/b15-12+. The fraction of sp³-hybridized carbons (Fsp3) is 0.438. The maximum absolute atomic E-state index is 11.3. The molecule has 98 valence electrons. The molecule has 0 saturated carbocycles. The van der Waals surface area contributed by atoms with E-state index in [-0.39, 0.29) is 0 Å². The summed E-state index contributed by atoms with van der Waals surface area (Å²) in [4.78, 5) is 11.3. The first-order chi connectivity index (χ1) is 8.38. The molecule has 0 N–H and O–H groups in total. The largest absolute Gasteiger partial charge is 0.298 e. The summed E-state index contributed by atoms with van der Waals surface area (Å²) in [6, 6.07) is 10.5. The summed E-state index contributed by atoms with van der Waals surface area (Å²) in [5, 5.41) is 1.38. The van der Waals surface area contributed by atoms with Crippen LogP contribution < -0.4 is 5.19 Å². The monoisotopic (exact) mass is 260 g/mol. The molecular weight excluding hydrogens is 236 g/mol. The van der Waals surface area contributed by atoms with Crippen molar-refractivity contribution in [3.8, 4) is 0 Å². The van der Waals surface area contributed by atoms with E-state index in [4.69, 9.17) is 0 Å². The summed E-state index contributed by atoms with van der Waals surface area (Å²) in [6.45, 7) is 11.1. The Labute approximate surface area is 112 Å². The molecule has 0 heterocycles. The molecule has 0 fully saturated rings. The summed E-state index contributed by atoms with van der Waals surface area (Å²) in [5.74, 6) is 0.833. The predicted octanol–water partition coefficient (Wildman–Crippen LogP) is 3.56. The van der Waals surface area contributed by atoms with Crippen LogP contribution in [0.1, 0.15) is 20.8 Å². The van der Waals surface area contributed by atoms with E-state index in [1.807, 2.05) is 6.07 Å². The lowest BCUT2D eigenvalue weighted by Crippen LogP contribution is -2.40. The minimum absolute atomic E-state index is 0.331. The molecule has 0 saturated heterocycles. The summed E-state index contributed by atoms with van der Waals surface area (Å²) < 4.78 is 0. The van der Waals surface area contributed by atoms with Crippen LogP contribution in [-0.4, -0.2) is 14.4 Å². The van der Waals surface area contributed by atoms with Gasteiger partial charge in [0.1, 0.15) is 14.4 Å². The lowest BCUT2D eigenvalue weighted by Gasteiger charge is -2.23. The van der Waals surface area contributed by atoms with E-state index in [1.165, 1.54) is 5.19 Å². The van der Waals surface area contributed by atoms with Crippen molar-refractivity contribution in [1.82, 2.24) is 0 Å². The van der Waals surface area contributed by atoms with Gasteiger partial charge in [-0.05, 0) is 17.4 Å². The highest BCUT2D eigenvalue weighted by Gasteiger charge is 2.23. The van der Waals surface area contributed by atoms with Gasteiger partial charge < -0.3 is 0 Å². The van der Waals surface area contributed by atoms with Crippen LogP contribution in [0.4, 0.5) is 0 Å². The molecule has 0 aliphatic rings. The van der Waals surface area contributed by atoms with Crippen molar-refractivity contribution in [2.45, 2.75) is 33.9 Å². The van der Waals surface area contributed by atoms with Gasteiger partial charge >= 0.3 is 0 Å². The Balaban J connectivity index is 3.08. The van der Waals surface area contributed by atoms with Crippen LogP contribution in [0.15, 0.2) is 41.6 Å². The van der Waals surface area contributed by atoms with E-state index in [9.17, 15) is 4.79 Å². The zero-order valence-corrected chi connectivity index (χ0v) is 13.1. The first kappa shape index (κ1) is 14.9. The van der Waals surface area contributed by atoms with Gasteiger partial charge in [0, 0.05) is 0 Å². The van der Waals surface area contributed by atoms with Crippen LogP contribution in [0.5, 0.6) is 0 Å². The maximum Gasteiger partial charge on any atom is 0.145 e. The highest BCUT2D eigenvalue weighted by atomic mass is 28.3. The van der Waals surface area contributed by atoms with E-state index in [1.54, 1.807) is 0 Å². The fourth-order valence-electron chi connectivity index (χ4n) is 2.03. The first-order valence-corrected chi connectivity index (χ1v) is 9.69. The maximum atomic E-state index is 11.3. The van der Waals surface area contributed by atoms with Crippen LogP contribution in [0.25, 0.3) is 0 Å². The van der Waals surface area contributed by atoms with Crippen molar-refractivity contribution in [3.63, 3.8) is 0 Å². The Kier molecular flexibility index (Phi) is 5.09. The number of benzene rings is 1.